The summed E-state index contributed by atoms with van der Waals surface area (Å²) in [7, 11) is 0. The van der Waals surface area contributed by atoms with Crippen molar-refractivity contribution in [2.24, 2.45) is 0 Å². The van der Waals surface area contributed by atoms with Crippen molar-refractivity contribution in [2.75, 3.05) is 0 Å². The highest BCUT2D eigenvalue weighted by molar-refractivity contribution is 5.99. The molecule has 1 heteroatoms. The number of ketones is 1. The first-order valence-electron chi connectivity index (χ1n) is 6.10. The van der Waals surface area contributed by atoms with E-state index in [1.165, 1.54) is 12.2 Å². The van der Waals surface area contributed by atoms with Gasteiger partial charge in [-0.1, -0.05) is 60.4 Å². The number of carbonyl (C=O) groups excluding carboxylic acids is 1. The number of hydrogen-bond acceptors (Lipinski definition) is 1. The van der Waals surface area contributed by atoms with Crippen LogP contribution in [0.1, 0.15) is 13.8 Å². The molecular weight excluding hydrogens is 244 g/mol. The van der Waals surface area contributed by atoms with Crippen LogP contribution in [0.15, 0.2) is 71.9 Å². The number of rotatable bonds is 6. The zero-order valence-corrected chi connectivity index (χ0v) is 11.8. The van der Waals surface area contributed by atoms with Crippen LogP contribution in [0.4, 0.5) is 0 Å². The summed E-state index contributed by atoms with van der Waals surface area (Å²) < 4.78 is 0. The van der Waals surface area contributed by atoms with Crippen molar-refractivity contribution in [3.63, 3.8) is 0 Å². The second-order valence-corrected chi connectivity index (χ2v) is 3.88. The van der Waals surface area contributed by atoms with Gasteiger partial charge >= 0.3 is 0 Å². The van der Waals surface area contributed by atoms with Crippen molar-refractivity contribution >= 4 is 5.78 Å². The summed E-state index contributed by atoms with van der Waals surface area (Å²) in [6, 6.07) is 0. The SMILES string of the molecule is C#C\C(C)=C/C=C/C=C/C(=O)/C=C/C=C/C=C(/C)C#C. The molecule has 100 valence electrons. The molecule has 20 heavy (non-hydrogen) atoms. The first-order chi connectivity index (χ1) is 9.60. The van der Waals surface area contributed by atoms with Gasteiger partial charge in [0.1, 0.15) is 0 Å². The molecule has 0 bridgehead atoms. The maximum absolute atomic E-state index is 11.4. The van der Waals surface area contributed by atoms with E-state index in [0.717, 1.165) is 11.1 Å². The third kappa shape index (κ3) is 10.4. The molecule has 0 N–H and O–H groups in total. The van der Waals surface area contributed by atoms with Gasteiger partial charge in [-0.25, -0.2) is 0 Å². The van der Waals surface area contributed by atoms with E-state index < -0.39 is 0 Å². The smallest absolute Gasteiger partial charge is 0.178 e. The van der Waals surface area contributed by atoms with E-state index in [2.05, 4.69) is 11.8 Å². The van der Waals surface area contributed by atoms with Crippen LogP contribution < -0.4 is 0 Å². The van der Waals surface area contributed by atoms with E-state index in [-0.39, 0.29) is 5.78 Å². The molecule has 0 rings (SSSR count). The Kier molecular flexibility index (Phi) is 9.76. The minimum atomic E-state index is -0.0883. The zero-order valence-electron chi connectivity index (χ0n) is 11.8. The fraction of sp³-hybridized carbons (Fsp3) is 0.105. The summed E-state index contributed by atoms with van der Waals surface area (Å²) in [5, 5.41) is 0. The Balaban J connectivity index is 4.25. The van der Waals surface area contributed by atoms with Gasteiger partial charge in [-0.05, 0) is 37.1 Å². The Hall–Kier alpha value is -2.77. The molecule has 0 saturated carbocycles. The summed E-state index contributed by atoms with van der Waals surface area (Å²) in [6.07, 6.45) is 27.3. The van der Waals surface area contributed by atoms with Gasteiger partial charge in [-0.15, -0.1) is 12.8 Å². The highest BCUT2D eigenvalue weighted by atomic mass is 16.1. The molecule has 0 heterocycles. The molecule has 0 fully saturated rings. The standard InChI is InChI=1S/C19H18O/c1-5-17(3)13-9-7-11-15-19(20)16-12-8-10-14-18(4)6-2/h1-2,7-16H,3-4H3/b9-7+,10-8+,15-11+,16-12+,17-13-,18-14-. The maximum Gasteiger partial charge on any atom is 0.178 e. The van der Waals surface area contributed by atoms with Crippen LogP contribution >= 0.6 is 0 Å². The Morgan fingerprint density at radius 1 is 0.750 bits per heavy atom. The fourth-order valence-electron chi connectivity index (χ4n) is 0.981. The van der Waals surface area contributed by atoms with Crippen LogP contribution in [0.5, 0.6) is 0 Å². The number of carbonyl (C=O) groups is 1. The predicted octanol–water partition coefficient (Wildman–Crippen LogP) is 3.94. The van der Waals surface area contributed by atoms with E-state index in [1.54, 1.807) is 48.6 Å². The molecule has 0 saturated heterocycles. The van der Waals surface area contributed by atoms with Gasteiger partial charge in [0.2, 0.25) is 0 Å². The second kappa shape index (κ2) is 11.3. The first kappa shape index (κ1) is 17.2. The lowest BCUT2D eigenvalue weighted by Gasteiger charge is -1.82. The molecule has 0 radical (unpaired) electrons. The van der Waals surface area contributed by atoms with Crippen molar-refractivity contribution in [1.82, 2.24) is 0 Å². The topological polar surface area (TPSA) is 17.1 Å². The Morgan fingerprint density at radius 2 is 1.15 bits per heavy atom. The number of terminal acetylenes is 2. The van der Waals surface area contributed by atoms with E-state index in [1.807, 2.05) is 13.8 Å². The quantitative estimate of drug-likeness (QED) is 0.402. The summed E-state index contributed by atoms with van der Waals surface area (Å²) in [5.41, 5.74) is 1.67. The van der Waals surface area contributed by atoms with Gasteiger partial charge in [0.05, 0.1) is 0 Å². The van der Waals surface area contributed by atoms with Crippen LogP contribution in [0.25, 0.3) is 0 Å². The molecule has 0 spiro atoms. The molecule has 0 aliphatic rings. The fourth-order valence-corrected chi connectivity index (χ4v) is 0.981. The second-order valence-electron chi connectivity index (χ2n) is 3.88. The lowest BCUT2D eigenvalue weighted by molar-refractivity contribution is -0.110. The lowest BCUT2D eigenvalue weighted by Crippen LogP contribution is -1.82. The van der Waals surface area contributed by atoms with Gasteiger partial charge in [0, 0.05) is 0 Å². The molecule has 0 aromatic rings. The third-order valence-electron chi connectivity index (χ3n) is 2.11. The van der Waals surface area contributed by atoms with E-state index in [0.29, 0.717) is 0 Å². The van der Waals surface area contributed by atoms with Crippen molar-refractivity contribution in [3.05, 3.63) is 71.9 Å². The number of hydrogen-bond donors (Lipinski definition) is 0. The van der Waals surface area contributed by atoms with E-state index >= 15 is 0 Å². The summed E-state index contributed by atoms with van der Waals surface area (Å²) in [5.74, 6) is 4.91. The monoisotopic (exact) mass is 262 g/mol. The molecule has 0 aromatic heterocycles. The minimum Gasteiger partial charge on any atom is -0.290 e. The highest BCUT2D eigenvalue weighted by Crippen LogP contribution is 1.91. The average molecular weight is 262 g/mol. The van der Waals surface area contributed by atoms with Crippen molar-refractivity contribution in [1.29, 1.82) is 0 Å². The molecule has 1 nitrogen and oxygen atoms in total. The van der Waals surface area contributed by atoms with Crippen molar-refractivity contribution in [3.8, 4) is 24.7 Å². The summed E-state index contributed by atoms with van der Waals surface area (Å²) in [6.45, 7) is 3.68. The van der Waals surface area contributed by atoms with Gasteiger partial charge in [0.25, 0.3) is 0 Å². The van der Waals surface area contributed by atoms with Gasteiger partial charge < -0.3 is 0 Å². The summed E-state index contributed by atoms with van der Waals surface area (Å²) >= 11 is 0. The molecule has 0 aliphatic carbocycles. The predicted molar refractivity (Wildman–Crippen MR) is 86.7 cm³/mol. The van der Waals surface area contributed by atoms with E-state index in [4.69, 9.17) is 12.8 Å². The Bertz CT molecular complexity index is 524. The average Bonchev–Trinajstić information content (AvgIpc) is 2.45. The van der Waals surface area contributed by atoms with Gasteiger partial charge in [-0.3, -0.25) is 4.79 Å². The van der Waals surface area contributed by atoms with Crippen LogP contribution in [-0.4, -0.2) is 5.78 Å². The van der Waals surface area contributed by atoms with Crippen LogP contribution in [0, 0.1) is 24.7 Å². The Labute approximate surface area is 121 Å². The molecule has 0 unspecified atom stereocenters. The molecule has 0 aliphatic heterocycles. The largest absolute Gasteiger partial charge is 0.290 e. The Morgan fingerprint density at radius 3 is 1.50 bits per heavy atom. The molecule has 0 amide bonds. The van der Waals surface area contributed by atoms with Crippen LogP contribution in [0.2, 0.25) is 0 Å². The van der Waals surface area contributed by atoms with E-state index in [9.17, 15) is 4.79 Å². The maximum atomic E-state index is 11.4. The van der Waals surface area contributed by atoms with Gasteiger partial charge in [0.15, 0.2) is 5.78 Å². The van der Waals surface area contributed by atoms with Crippen LogP contribution in [0.3, 0.4) is 0 Å². The zero-order chi connectivity index (χ0) is 15.2. The lowest BCUT2D eigenvalue weighted by atomic mass is 10.2. The third-order valence-corrected chi connectivity index (χ3v) is 2.11. The molecular formula is C19H18O. The van der Waals surface area contributed by atoms with Crippen LogP contribution in [-0.2, 0) is 4.79 Å². The van der Waals surface area contributed by atoms with Crippen molar-refractivity contribution < 1.29 is 4.79 Å². The molecule has 0 aromatic carbocycles. The highest BCUT2D eigenvalue weighted by Gasteiger charge is 1.84. The molecule has 0 atom stereocenters. The van der Waals surface area contributed by atoms with Crippen molar-refractivity contribution in [2.45, 2.75) is 13.8 Å². The minimum absolute atomic E-state index is 0.0883. The summed E-state index contributed by atoms with van der Waals surface area (Å²) in [4.78, 5) is 11.4. The van der Waals surface area contributed by atoms with Gasteiger partial charge in [-0.2, -0.15) is 0 Å². The first-order valence-corrected chi connectivity index (χ1v) is 6.10. The number of allylic oxidation sites excluding steroid dienone is 12. The normalized spacial score (nSPS) is 13.4.